The van der Waals surface area contributed by atoms with Crippen LogP contribution < -0.4 is 5.32 Å². The van der Waals surface area contributed by atoms with Crippen LogP contribution in [0, 0.1) is 11.7 Å². The number of nitrogens with one attached hydrogen (secondary N) is 1. The molecule has 1 aromatic carbocycles. The fourth-order valence-corrected chi connectivity index (χ4v) is 2.71. The zero-order chi connectivity index (χ0) is 13.9. The molecule has 1 aromatic heterocycles. The van der Waals surface area contributed by atoms with Gasteiger partial charge in [-0.25, -0.2) is 4.39 Å². The number of hydrogen-bond acceptors (Lipinski definition) is 4. The maximum Gasteiger partial charge on any atom is 0.227 e. The van der Waals surface area contributed by atoms with Crippen molar-refractivity contribution in [2.75, 3.05) is 13.1 Å². The van der Waals surface area contributed by atoms with Crippen LogP contribution in [-0.2, 0) is 6.42 Å². The largest absolute Gasteiger partial charge is 0.339 e. The first-order valence-electron chi connectivity index (χ1n) is 6.71. The van der Waals surface area contributed by atoms with E-state index in [1.165, 1.54) is 25.0 Å². The van der Waals surface area contributed by atoms with E-state index in [1.807, 2.05) is 0 Å². The minimum Gasteiger partial charge on any atom is -0.339 e. The van der Waals surface area contributed by atoms with Crippen LogP contribution in [0.4, 0.5) is 4.39 Å². The Balaban J connectivity index is 1.75. The molecule has 0 spiro atoms. The molecule has 2 heterocycles. The molecule has 106 valence electrons. The summed E-state index contributed by atoms with van der Waals surface area (Å²) in [7, 11) is 0. The summed E-state index contributed by atoms with van der Waals surface area (Å²) in [6.07, 6.45) is 3.11. The highest BCUT2D eigenvalue weighted by Gasteiger charge is 2.18. The molecular weight excluding hydrogens is 281 g/mol. The maximum absolute atomic E-state index is 13.0. The lowest BCUT2D eigenvalue weighted by molar-refractivity contribution is 0.316. The molecule has 1 aliphatic rings. The molecule has 4 nitrogen and oxygen atoms in total. The molecule has 0 bridgehead atoms. The molecule has 20 heavy (non-hydrogen) atoms. The quantitative estimate of drug-likeness (QED) is 0.945. The van der Waals surface area contributed by atoms with E-state index >= 15 is 0 Å². The number of hydrogen-bond donors (Lipinski definition) is 1. The summed E-state index contributed by atoms with van der Waals surface area (Å²) in [5.41, 5.74) is 0.588. The van der Waals surface area contributed by atoms with Crippen LogP contribution in [0.1, 0.15) is 18.7 Å². The van der Waals surface area contributed by atoms with Crippen LogP contribution in [0.2, 0.25) is 5.02 Å². The van der Waals surface area contributed by atoms with E-state index in [0.29, 0.717) is 23.2 Å². The van der Waals surface area contributed by atoms with Crippen molar-refractivity contribution < 1.29 is 8.91 Å². The average Bonchev–Trinajstić information content (AvgIpc) is 2.88. The average molecular weight is 296 g/mol. The van der Waals surface area contributed by atoms with Crippen molar-refractivity contribution in [1.29, 1.82) is 0 Å². The van der Waals surface area contributed by atoms with Crippen molar-refractivity contribution in [2.24, 2.45) is 5.92 Å². The molecule has 0 amide bonds. The molecule has 1 unspecified atom stereocenters. The van der Waals surface area contributed by atoms with Gasteiger partial charge in [-0.1, -0.05) is 16.8 Å². The summed E-state index contributed by atoms with van der Waals surface area (Å²) < 4.78 is 18.3. The summed E-state index contributed by atoms with van der Waals surface area (Å²) in [5.74, 6) is 1.17. The minimum atomic E-state index is -0.379. The lowest BCUT2D eigenvalue weighted by Crippen LogP contribution is -2.30. The van der Waals surface area contributed by atoms with E-state index in [1.54, 1.807) is 6.07 Å². The molecule has 0 aliphatic carbocycles. The SMILES string of the molecule is Fc1ccc(-c2noc(CC3CCCNC3)n2)c(Cl)c1. The van der Waals surface area contributed by atoms with E-state index < -0.39 is 0 Å². The number of benzene rings is 1. The number of nitrogens with zero attached hydrogens (tertiary/aromatic N) is 2. The van der Waals surface area contributed by atoms with Gasteiger partial charge in [0.15, 0.2) is 0 Å². The summed E-state index contributed by atoms with van der Waals surface area (Å²) in [6.45, 7) is 2.06. The first-order valence-corrected chi connectivity index (χ1v) is 7.09. The summed E-state index contributed by atoms with van der Waals surface area (Å²) in [6, 6.07) is 4.15. The van der Waals surface area contributed by atoms with E-state index in [2.05, 4.69) is 15.5 Å². The third-order valence-electron chi connectivity index (χ3n) is 3.50. The van der Waals surface area contributed by atoms with Crippen molar-refractivity contribution in [2.45, 2.75) is 19.3 Å². The molecule has 3 rings (SSSR count). The second kappa shape index (κ2) is 5.89. The van der Waals surface area contributed by atoms with Gasteiger partial charge in [-0.05, 0) is 50.0 Å². The van der Waals surface area contributed by atoms with E-state index in [-0.39, 0.29) is 10.8 Å². The highest BCUT2D eigenvalue weighted by Crippen LogP contribution is 2.27. The van der Waals surface area contributed by atoms with Gasteiger partial charge in [0, 0.05) is 12.0 Å². The van der Waals surface area contributed by atoms with Crippen molar-refractivity contribution in [3.8, 4) is 11.4 Å². The Kier molecular flexibility index (Phi) is 3.98. The molecule has 1 atom stereocenters. The van der Waals surface area contributed by atoms with Crippen molar-refractivity contribution in [1.82, 2.24) is 15.5 Å². The minimum absolute atomic E-state index is 0.289. The van der Waals surface area contributed by atoms with Gasteiger partial charge in [0.05, 0.1) is 5.02 Å². The predicted octanol–water partition coefficient (Wildman–Crippen LogP) is 3.07. The lowest BCUT2D eigenvalue weighted by Gasteiger charge is -2.20. The van der Waals surface area contributed by atoms with Gasteiger partial charge in [-0.15, -0.1) is 0 Å². The number of halogens is 2. The summed E-state index contributed by atoms with van der Waals surface area (Å²) >= 11 is 5.99. The highest BCUT2D eigenvalue weighted by atomic mass is 35.5. The van der Waals surface area contributed by atoms with Crippen LogP contribution in [0.15, 0.2) is 22.7 Å². The molecule has 1 aliphatic heterocycles. The Hall–Kier alpha value is -1.46. The molecule has 1 N–H and O–H groups in total. The predicted molar refractivity (Wildman–Crippen MR) is 74.0 cm³/mol. The standard InChI is InChI=1S/C14H15ClFN3O/c15-12-7-10(16)3-4-11(12)14-18-13(20-19-14)6-9-2-1-5-17-8-9/h3-4,7,9,17H,1-2,5-6,8H2. The highest BCUT2D eigenvalue weighted by molar-refractivity contribution is 6.33. The molecule has 1 saturated heterocycles. The van der Waals surface area contributed by atoms with Gasteiger partial charge in [0.2, 0.25) is 11.7 Å². The summed E-state index contributed by atoms with van der Waals surface area (Å²) in [5, 5.41) is 7.57. The molecule has 0 radical (unpaired) electrons. The normalized spacial score (nSPS) is 19.2. The number of aromatic nitrogens is 2. The van der Waals surface area contributed by atoms with Gasteiger partial charge in [-0.3, -0.25) is 0 Å². The number of rotatable bonds is 3. The Morgan fingerprint density at radius 3 is 3.10 bits per heavy atom. The van der Waals surface area contributed by atoms with E-state index in [9.17, 15) is 4.39 Å². The van der Waals surface area contributed by atoms with Crippen LogP contribution in [-0.4, -0.2) is 23.2 Å². The van der Waals surface area contributed by atoms with Crippen LogP contribution in [0.3, 0.4) is 0 Å². The zero-order valence-corrected chi connectivity index (χ0v) is 11.7. The Bertz CT molecular complexity index is 596. The Morgan fingerprint density at radius 1 is 1.45 bits per heavy atom. The van der Waals surface area contributed by atoms with Gasteiger partial charge in [0.25, 0.3) is 0 Å². The number of piperidine rings is 1. The van der Waals surface area contributed by atoms with Crippen molar-refractivity contribution in [3.63, 3.8) is 0 Å². The zero-order valence-electron chi connectivity index (χ0n) is 10.9. The first-order chi connectivity index (χ1) is 9.72. The fourth-order valence-electron chi connectivity index (χ4n) is 2.46. The van der Waals surface area contributed by atoms with Gasteiger partial charge < -0.3 is 9.84 Å². The van der Waals surface area contributed by atoms with Gasteiger partial charge >= 0.3 is 0 Å². The van der Waals surface area contributed by atoms with Crippen molar-refractivity contribution >= 4 is 11.6 Å². The maximum atomic E-state index is 13.0. The Labute approximate surface area is 121 Å². The van der Waals surface area contributed by atoms with E-state index in [4.69, 9.17) is 16.1 Å². The third kappa shape index (κ3) is 2.99. The Morgan fingerprint density at radius 2 is 2.35 bits per heavy atom. The molecule has 2 aromatic rings. The van der Waals surface area contributed by atoms with Gasteiger partial charge in [0.1, 0.15) is 5.82 Å². The van der Waals surface area contributed by atoms with Crippen LogP contribution in [0.5, 0.6) is 0 Å². The van der Waals surface area contributed by atoms with E-state index in [0.717, 1.165) is 19.5 Å². The molecule has 1 fully saturated rings. The molecule has 0 saturated carbocycles. The van der Waals surface area contributed by atoms with Gasteiger partial charge in [-0.2, -0.15) is 4.98 Å². The lowest BCUT2D eigenvalue weighted by atomic mass is 9.96. The fraction of sp³-hybridized carbons (Fsp3) is 0.429. The smallest absolute Gasteiger partial charge is 0.227 e. The monoisotopic (exact) mass is 295 g/mol. The van der Waals surface area contributed by atoms with Crippen LogP contribution >= 0.6 is 11.6 Å². The first kappa shape index (κ1) is 13.5. The third-order valence-corrected chi connectivity index (χ3v) is 3.82. The topological polar surface area (TPSA) is 51.0 Å². The second-order valence-corrected chi connectivity index (χ2v) is 5.46. The van der Waals surface area contributed by atoms with Crippen LogP contribution in [0.25, 0.3) is 11.4 Å². The van der Waals surface area contributed by atoms with Crippen molar-refractivity contribution in [3.05, 3.63) is 34.9 Å². The second-order valence-electron chi connectivity index (χ2n) is 5.05. The summed E-state index contributed by atoms with van der Waals surface area (Å²) in [4.78, 5) is 4.35. The molecule has 6 heteroatoms. The molecular formula is C14H15ClFN3O.